The van der Waals surface area contributed by atoms with E-state index in [9.17, 15) is 4.79 Å². The lowest BCUT2D eigenvalue weighted by Crippen LogP contribution is -2.00. The van der Waals surface area contributed by atoms with Crippen molar-refractivity contribution >= 4 is 43.2 Å². The van der Waals surface area contributed by atoms with Crippen LogP contribution in [0.1, 0.15) is 0 Å². The fraction of sp³-hybridized carbons (Fsp3) is 0. The molecule has 4 rings (SSSR count). The number of H-pyrrole nitrogens is 1. The van der Waals surface area contributed by atoms with Crippen LogP contribution in [-0.4, -0.2) is 4.98 Å². The third-order valence-electron chi connectivity index (χ3n) is 3.19. The molecule has 1 N–H and O–H groups in total. The van der Waals surface area contributed by atoms with Crippen molar-refractivity contribution in [2.75, 3.05) is 0 Å². The lowest BCUT2D eigenvalue weighted by Gasteiger charge is -1.79. The monoisotopic (exact) mass is 309 g/mol. The van der Waals surface area contributed by atoms with E-state index in [1.807, 2.05) is 36.4 Å². The third-order valence-corrected chi connectivity index (χ3v) is 4.20. The summed E-state index contributed by atoms with van der Waals surface area (Å²) >= 11 is 1.66. The summed E-state index contributed by atoms with van der Waals surface area (Å²) < 4.78 is 13.3. The molecule has 108 valence electrons. The predicted octanol–water partition coefficient (Wildman–Crippen LogP) is 4.77. The Labute approximate surface area is 128 Å². The lowest BCUT2D eigenvalue weighted by atomic mass is 10.4. The summed E-state index contributed by atoms with van der Waals surface area (Å²) in [4.78, 5) is 14.7. The number of aromatic amines is 1. The molecule has 0 aliphatic heterocycles. The molecule has 0 spiro atoms. The maximum absolute atomic E-state index is 12.1. The van der Waals surface area contributed by atoms with Crippen molar-refractivity contribution in [1.82, 2.24) is 4.98 Å². The summed E-state index contributed by atoms with van der Waals surface area (Å²) in [7, 11) is 0. The number of fused-ring (bicyclic) bond motifs is 6. The maximum atomic E-state index is 12.1. The summed E-state index contributed by atoms with van der Waals surface area (Å²) in [5.74, 6) is 0. The van der Waals surface area contributed by atoms with Gasteiger partial charge >= 0.3 is 0 Å². The fourth-order valence-corrected chi connectivity index (χ4v) is 2.94. The highest BCUT2D eigenvalue weighted by atomic mass is 32.1. The Balaban J connectivity index is 2.12. The molecule has 0 saturated heterocycles. The van der Waals surface area contributed by atoms with Crippen molar-refractivity contribution in [3.05, 3.63) is 71.0 Å². The number of hydrogen-bond donors (Lipinski definition) is 1. The normalized spacial score (nSPS) is 10.9. The largest absolute Gasteiger partial charge is 0.452 e. The topological polar surface area (TPSA) is 59.1 Å². The SMILES string of the molecule is O=c1[nH]c2ccc(ccc3ccc(ccc4ccc1o4)s3)o2. The molecule has 0 fully saturated rings. The first kappa shape index (κ1) is 12.9. The van der Waals surface area contributed by atoms with E-state index >= 15 is 0 Å². The van der Waals surface area contributed by atoms with E-state index in [4.69, 9.17) is 8.83 Å². The van der Waals surface area contributed by atoms with Gasteiger partial charge in [-0.3, -0.25) is 9.78 Å². The molecule has 4 aromatic heterocycles. The molecule has 6 bridgehead atoms. The van der Waals surface area contributed by atoms with Gasteiger partial charge in [0.2, 0.25) is 0 Å². The van der Waals surface area contributed by atoms with Crippen LogP contribution in [0, 0.1) is 0 Å². The summed E-state index contributed by atoms with van der Waals surface area (Å²) in [6.45, 7) is 0. The second-order valence-corrected chi connectivity index (χ2v) is 5.91. The van der Waals surface area contributed by atoms with Crippen molar-refractivity contribution in [2.45, 2.75) is 0 Å². The van der Waals surface area contributed by atoms with Crippen molar-refractivity contribution < 1.29 is 8.83 Å². The molecule has 0 amide bonds. The van der Waals surface area contributed by atoms with Gasteiger partial charge in [0.15, 0.2) is 11.3 Å². The Morgan fingerprint density at radius 1 is 0.727 bits per heavy atom. The molecule has 0 radical (unpaired) electrons. The molecule has 0 aliphatic carbocycles. The summed E-state index contributed by atoms with van der Waals surface area (Å²) in [6.07, 6.45) is 0. The minimum Gasteiger partial charge on any atom is -0.452 e. The number of nitrogens with one attached hydrogen (secondary N) is 1. The van der Waals surface area contributed by atoms with E-state index in [-0.39, 0.29) is 11.1 Å². The zero-order valence-corrected chi connectivity index (χ0v) is 12.2. The summed E-state index contributed by atoms with van der Waals surface area (Å²) in [5.41, 5.74) is 1.61. The molecule has 0 aliphatic rings. The van der Waals surface area contributed by atoms with E-state index in [0.717, 1.165) is 9.40 Å². The van der Waals surface area contributed by atoms with Crippen LogP contribution >= 0.6 is 11.3 Å². The molecule has 0 unspecified atom stereocenters. The molecule has 0 aromatic carbocycles. The van der Waals surface area contributed by atoms with Gasteiger partial charge in [0.05, 0.1) is 0 Å². The van der Waals surface area contributed by atoms with Gasteiger partial charge < -0.3 is 8.83 Å². The van der Waals surface area contributed by atoms with Gasteiger partial charge in [-0.1, -0.05) is 0 Å². The third kappa shape index (κ3) is 2.54. The molecule has 0 atom stereocenters. The van der Waals surface area contributed by atoms with Crippen LogP contribution in [0.3, 0.4) is 0 Å². The minimum atomic E-state index is -0.336. The Morgan fingerprint density at radius 3 is 2.09 bits per heavy atom. The Bertz CT molecular complexity index is 1110. The number of hydrogen-bond acceptors (Lipinski definition) is 4. The van der Waals surface area contributed by atoms with E-state index in [1.165, 1.54) is 0 Å². The van der Waals surface area contributed by atoms with Crippen LogP contribution in [0.5, 0.6) is 0 Å². The van der Waals surface area contributed by atoms with Crippen molar-refractivity contribution in [3.63, 3.8) is 0 Å². The first-order valence-electron chi connectivity index (χ1n) is 6.73. The van der Waals surface area contributed by atoms with E-state index in [0.29, 0.717) is 16.9 Å². The molecular weight excluding hydrogens is 298 g/mol. The van der Waals surface area contributed by atoms with Crippen LogP contribution in [0.15, 0.2) is 74.3 Å². The zero-order valence-electron chi connectivity index (χ0n) is 11.4. The number of aromatic nitrogens is 1. The molecule has 0 saturated carbocycles. The van der Waals surface area contributed by atoms with Crippen LogP contribution in [0.25, 0.3) is 31.9 Å². The highest BCUT2D eigenvalue weighted by molar-refractivity contribution is 7.23. The lowest BCUT2D eigenvalue weighted by molar-refractivity contribution is 0.642. The van der Waals surface area contributed by atoms with E-state index in [1.54, 1.807) is 35.6 Å². The van der Waals surface area contributed by atoms with Crippen molar-refractivity contribution in [1.29, 1.82) is 0 Å². The van der Waals surface area contributed by atoms with Crippen LogP contribution in [0.4, 0.5) is 0 Å². The van der Waals surface area contributed by atoms with Gasteiger partial charge in [-0.05, 0) is 54.6 Å². The van der Waals surface area contributed by atoms with Crippen LogP contribution in [0.2, 0.25) is 0 Å². The predicted molar refractivity (Wildman–Crippen MR) is 88.4 cm³/mol. The van der Waals surface area contributed by atoms with Gasteiger partial charge in [0.25, 0.3) is 5.56 Å². The van der Waals surface area contributed by atoms with Gasteiger partial charge in [0, 0.05) is 15.5 Å². The van der Waals surface area contributed by atoms with Gasteiger partial charge in [-0.15, -0.1) is 11.3 Å². The smallest absolute Gasteiger partial charge is 0.293 e. The summed E-state index contributed by atoms with van der Waals surface area (Å²) in [5, 5.41) is 0. The first-order chi connectivity index (χ1) is 10.8. The van der Waals surface area contributed by atoms with E-state index < -0.39 is 0 Å². The van der Waals surface area contributed by atoms with Gasteiger partial charge in [-0.25, -0.2) is 0 Å². The van der Waals surface area contributed by atoms with Gasteiger partial charge in [-0.2, -0.15) is 0 Å². The summed E-state index contributed by atoms with van der Waals surface area (Å²) in [6, 6.07) is 18.7. The van der Waals surface area contributed by atoms with Crippen molar-refractivity contribution in [2.24, 2.45) is 0 Å². The number of rotatable bonds is 0. The quantitative estimate of drug-likeness (QED) is 0.509. The highest BCUT2D eigenvalue weighted by Gasteiger charge is 1.96. The Kier molecular flexibility index (Phi) is 3.05. The molecule has 4 aromatic rings. The van der Waals surface area contributed by atoms with Gasteiger partial charge in [0.1, 0.15) is 11.2 Å². The number of thiophene rings is 1. The molecule has 5 heteroatoms. The Morgan fingerprint density at radius 2 is 1.32 bits per heavy atom. The Hall–Kier alpha value is -2.79. The second kappa shape index (κ2) is 5.20. The zero-order chi connectivity index (χ0) is 14.9. The molecular formula is C17H11NO3S. The molecule has 4 nitrogen and oxygen atoms in total. The number of furan rings is 2. The molecule has 22 heavy (non-hydrogen) atoms. The van der Waals surface area contributed by atoms with E-state index in [2.05, 4.69) is 4.98 Å². The van der Waals surface area contributed by atoms with Crippen LogP contribution in [-0.2, 0) is 0 Å². The molecule has 4 heterocycles. The fourth-order valence-electron chi connectivity index (χ4n) is 2.12. The highest BCUT2D eigenvalue weighted by Crippen LogP contribution is 2.18. The van der Waals surface area contributed by atoms with Crippen LogP contribution < -0.4 is 5.56 Å². The van der Waals surface area contributed by atoms with Crippen molar-refractivity contribution in [3.8, 4) is 0 Å². The average Bonchev–Trinajstić information content (AvgIpc) is 3.23. The second-order valence-electron chi connectivity index (χ2n) is 4.76. The maximum Gasteiger partial charge on any atom is 0.293 e. The minimum absolute atomic E-state index is 0.245. The first-order valence-corrected chi connectivity index (χ1v) is 7.55. The standard InChI is InChI=1S/C17H11NO3S/c19-17-15-9-3-11(20-15)1-5-13-7-8-14(22-13)6-2-12-4-10-16(18-17)21-12/h1-10H,(H,18,19). The average molecular weight is 309 g/mol.